The van der Waals surface area contributed by atoms with Crippen LogP contribution in [0.2, 0.25) is 0 Å². The van der Waals surface area contributed by atoms with Gasteiger partial charge in [0.15, 0.2) is 0 Å². The molecule has 2 N–H and O–H groups in total. The number of methoxy groups -OCH3 is 1. The van der Waals surface area contributed by atoms with Crippen molar-refractivity contribution < 1.29 is 14.3 Å². The largest absolute Gasteiger partial charge is 0.496 e. The van der Waals surface area contributed by atoms with Crippen LogP contribution in [-0.2, 0) is 9.59 Å². The summed E-state index contributed by atoms with van der Waals surface area (Å²) in [6.07, 6.45) is 1.67. The molecule has 7 heteroatoms. The zero-order valence-corrected chi connectivity index (χ0v) is 18.1. The van der Waals surface area contributed by atoms with Gasteiger partial charge in [-0.05, 0) is 45.0 Å². The van der Waals surface area contributed by atoms with Crippen molar-refractivity contribution >= 4 is 29.4 Å². The lowest BCUT2D eigenvalue weighted by Crippen LogP contribution is -2.22. The molecule has 0 radical (unpaired) electrons. The molecule has 2 aromatic carbocycles. The third kappa shape index (κ3) is 6.92. The van der Waals surface area contributed by atoms with Crippen molar-refractivity contribution in [3.05, 3.63) is 53.6 Å². The van der Waals surface area contributed by atoms with E-state index in [1.165, 1.54) is 6.21 Å². The molecule has 0 aliphatic rings. The Morgan fingerprint density at radius 1 is 1.03 bits per heavy atom. The van der Waals surface area contributed by atoms with Crippen molar-refractivity contribution in [2.24, 2.45) is 5.10 Å². The van der Waals surface area contributed by atoms with Crippen LogP contribution >= 0.6 is 0 Å². The van der Waals surface area contributed by atoms with Crippen molar-refractivity contribution in [1.29, 1.82) is 0 Å². The molecule has 160 valence electrons. The van der Waals surface area contributed by atoms with Crippen molar-refractivity contribution in [3.63, 3.8) is 0 Å². The van der Waals surface area contributed by atoms with E-state index in [4.69, 9.17) is 4.74 Å². The highest BCUT2D eigenvalue weighted by Gasteiger charge is 2.08. The van der Waals surface area contributed by atoms with Gasteiger partial charge in [0.2, 0.25) is 11.8 Å². The van der Waals surface area contributed by atoms with Gasteiger partial charge in [0.25, 0.3) is 0 Å². The van der Waals surface area contributed by atoms with E-state index in [2.05, 4.69) is 34.6 Å². The molecule has 0 spiro atoms. The molecule has 0 fully saturated rings. The Bertz CT molecular complexity index is 875. The molecule has 0 heterocycles. The van der Waals surface area contributed by atoms with Gasteiger partial charge >= 0.3 is 0 Å². The molecule has 0 saturated carbocycles. The summed E-state index contributed by atoms with van der Waals surface area (Å²) < 4.78 is 5.44. The highest BCUT2D eigenvalue weighted by molar-refractivity contribution is 5.93. The number of carbonyl (C=O) groups is 2. The van der Waals surface area contributed by atoms with Crippen molar-refractivity contribution in [1.82, 2.24) is 5.43 Å². The van der Waals surface area contributed by atoms with Gasteiger partial charge in [-0.15, -0.1) is 0 Å². The first-order valence-electron chi connectivity index (χ1n) is 10.1. The fourth-order valence-electron chi connectivity index (χ4n) is 2.91. The first-order chi connectivity index (χ1) is 14.5. The summed E-state index contributed by atoms with van der Waals surface area (Å²) in [5.74, 6) is 0.130. The fraction of sp³-hybridized carbons (Fsp3) is 0.348. The summed E-state index contributed by atoms with van der Waals surface area (Å²) in [6.45, 7) is 7.98. The molecule has 0 aliphatic carbocycles. The smallest absolute Gasteiger partial charge is 0.240 e. The van der Waals surface area contributed by atoms with E-state index in [-0.39, 0.29) is 24.7 Å². The number of hydrazone groups is 1. The fourth-order valence-corrected chi connectivity index (χ4v) is 2.91. The van der Waals surface area contributed by atoms with Crippen LogP contribution in [-0.4, -0.2) is 38.2 Å². The van der Waals surface area contributed by atoms with Crippen LogP contribution in [0.15, 0.2) is 47.6 Å². The Kier molecular flexibility index (Phi) is 8.87. The Labute approximate surface area is 178 Å². The van der Waals surface area contributed by atoms with E-state index in [1.54, 1.807) is 7.11 Å². The summed E-state index contributed by atoms with van der Waals surface area (Å²) in [5.41, 5.74) is 6.10. The highest BCUT2D eigenvalue weighted by Crippen LogP contribution is 2.24. The molecule has 0 saturated heterocycles. The van der Waals surface area contributed by atoms with Crippen LogP contribution < -0.4 is 20.4 Å². The Balaban J connectivity index is 1.84. The number of carbonyl (C=O) groups excluding carboxylic acids is 2. The second-order valence-electron chi connectivity index (χ2n) is 6.81. The maximum atomic E-state index is 12.0. The minimum atomic E-state index is -0.330. The summed E-state index contributed by atoms with van der Waals surface area (Å²) in [7, 11) is 1.60. The van der Waals surface area contributed by atoms with Gasteiger partial charge in [-0.1, -0.05) is 17.7 Å². The average Bonchev–Trinajstić information content (AvgIpc) is 2.75. The number of nitrogens with one attached hydrogen (secondary N) is 2. The lowest BCUT2D eigenvalue weighted by molar-refractivity contribution is -0.124. The quantitative estimate of drug-likeness (QED) is 0.462. The van der Waals surface area contributed by atoms with E-state index in [1.807, 2.05) is 49.4 Å². The normalized spacial score (nSPS) is 10.7. The third-order valence-corrected chi connectivity index (χ3v) is 4.65. The number of anilines is 2. The van der Waals surface area contributed by atoms with Gasteiger partial charge in [0.05, 0.1) is 13.3 Å². The summed E-state index contributed by atoms with van der Waals surface area (Å²) in [4.78, 5) is 26.1. The Morgan fingerprint density at radius 2 is 1.70 bits per heavy atom. The second kappa shape index (κ2) is 11.6. The van der Waals surface area contributed by atoms with Gasteiger partial charge in [-0.2, -0.15) is 5.10 Å². The highest BCUT2D eigenvalue weighted by atomic mass is 16.5. The van der Waals surface area contributed by atoms with E-state index >= 15 is 0 Å². The zero-order chi connectivity index (χ0) is 21.9. The van der Waals surface area contributed by atoms with Crippen LogP contribution in [0.1, 0.15) is 37.8 Å². The predicted octanol–water partition coefficient (Wildman–Crippen LogP) is 3.72. The van der Waals surface area contributed by atoms with Crippen molar-refractivity contribution in [2.75, 3.05) is 30.4 Å². The summed E-state index contributed by atoms with van der Waals surface area (Å²) in [5, 5.41) is 6.75. The molecular formula is C23H30N4O3. The lowest BCUT2D eigenvalue weighted by Gasteiger charge is -2.21. The van der Waals surface area contributed by atoms with Crippen molar-refractivity contribution in [2.45, 2.75) is 33.6 Å². The standard InChI is InChI=1S/C23H30N4O3/c1-5-27(6-2)20-12-9-18(21(15-20)30-4)16-24-26-23(29)14-13-22(28)25-19-10-7-17(3)8-11-19/h7-12,15-16H,5-6,13-14H2,1-4H3,(H,25,28)(H,26,29). The molecular weight excluding hydrogens is 380 g/mol. The van der Waals surface area contributed by atoms with Crippen LogP contribution in [0.4, 0.5) is 11.4 Å². The third-order valence-electron chi connectivity index (χ3n) is 4.65. The van der Waals surface area contributed by atoms with Crippen molar-refractivity contribution in [3.8, 4) is 5.75 Å². The van der Waals surface area contributed by atoms with Gasteiger partial charge in [0.1, 0.15) is 5.75 Å². The SMILES string of the molecule is CCN(CC)c1ccc(C=NNC(=O)CCC(=O)Nc2ccc(C)cc2)c(OC)c1. The molecule has 30 heavy (non-hydrogen) atoms. The van der Waals surface area contributed by atoms with Gasteiger partial charge < -0.3 is 15.0 Å². The Hall–Kier alpha value is -3.35. The molecule has 2 aromatic rings. The zero-order valence-electron chi connectivity index (χ0n) is 18.1. The number of aryl methyl sites for hydroxylation is 1. The van der Waals surface area contributed by atoms with Gasteiger partial charge in [0, 0.05) is 48.9 Å². The predicted molar refractivity (Wildman–Crippen MR) is 121 cm³/mol. The molecule has 7 nitrogen and oxygen atoms in total. The number of hydrogen-bond donors (Lipinski definition) is 2. The van der Waals surface area contributed by atoms with E-state index in [9.17, 15) is 9.59 Å². The lowest BCUT2D eigenvalue weighted by atomic mass is 10.2. The molecule has 2 amide bonds. The molecule has 0 bridgehead atoms. The molecule has 0 aromatic heterocycles. The minimum Gasteiger partial charge on any atom is -0.496 e. The first-order valence-corrected chi connectivity index (χ1v) is 10.1. The monoisotopic (exact) mass is 410 g/mol. The topological polar surface area (TPSA) is 83.0 Å². The first kappa shape index (κ1) is 22.9. The maximum absolute atomic E-state index is 12.0. The molecule has 0 aliphatic heterocycles. The number of rotatable bonds is 10. The van der Waals surface area contributed by atoms with Gasteiger partial charge in [-0.25, -0.2) is 5.43 Å². The summed E-state index contributed by atoms with van der Waals surface area (Å²) in [6, 6.07) is 13.3. The molecule has 0 unspecified atom stereocenters. The van der Waals surface area contributed by atoms with Crippen LogP contribution in [0.25, 0.3) is 0 Å². The van der Waals surface area contributed by atoms with E-state index in [0.717, 1.165) is 29.9 Å². The van der Waals surface area contributed by atoms with E-state index in [0.29, 0.717) is 11.4 Å². The van der Waals surface area contributed by atoms with Crippen LogP contribution in [0.3, 0.4) is 0 Å². The van der Waals surface area contributed by atoms with Crippen LogP contribution in [0, 0.1) is 6.92 Å². The second-order valence-corrected chi connectivity index (χ2v) is 6.81. The molecule has 2 rings (SSSR count). The average molecular weight is 411 g/mol. The number of ether oxygens (including phenoxy) is 1. The number of benzene rings is 2. The number of hydrogen-bond acceptors (Lipinski definition) is 5. The van der Waals surface area contributed by atoms with Gasteiger partial charge in [-0.3, -0.25) is 9.59 Å². The number of amides is 2. The molecule has 0 atom stereocenters. The Morgan fingerprint density at radius 3 is 2.33 bits per heavy atom. The number of nitrogens with zero attached hydrogens (tertiary/aromatic N) is 2. The summed E-state index contributed by atoms with van der Waals surface area (Å²) >= 11 is 0. The van der Waals surface area contributed by atoms with E-state index < -0.39 is 0 Å². The maximum Gasteiger partial charge on any atom is 0.240 e. The van der Waals surface area contributed by atoms with Crippen LogP contribution in [0.5, 0.6) is 5.75 Å². The minimum absolute atomic E-state index is 0.0487.